The van der Waals surface area contributed by atoms with Crippen molar-refractivity contribution < 1.29 is 14.5 Å². The second kappa shape index (κ2) is 10.6. The number of nitriles is 1. The van der Waals surface area contributed by atoms with Crippen molar-refractivity contribution >= 4 is 52.2 Å². The Labute approximate surface area is 216 Å². The number of nitrogens with one attached hydrogen (secondary N) is 1. The summed E-state index contributed by atoms with van der Waals surface area (Å²) in [6.07, 6.45) is 0.189. The minimum absolute atomic E-state index is 0.0749. The van der Waals surface area contributed by atoms with E-state index in [0.29, 0.717) is 22.0 Å². The summed E-state index contributed by atoms with van der Waals surface area (Å²) in [6.45, 7) is 1.91. The molecular formula is C26H19ClN4O4S. The molecule has 0 aromatic heterocycles. The number of rotatable bonds is 6. The topological polar surface area (TPSA) is 116 Å². The monoisotopic (exact) mass is 518 g/mol. The lowest BCUT2D eigenvalue weighted by atomic mass is 10.1. The van der Waals surface area contributed by atoms with Gasteiger partial charge in [-0.2, -0.15) is 5.26 Å². The van der Waals surface area contributed by atoms with Crippen molar-refractivity contribution in [2.75, 3.05) is 10.2 Å². The highest BCUT2D eigenvalue weighted by Crippen LogP contribution is 2.42. The first-order valence-electron chi connectivity index (χ1n) is 10.8. The van der Waals surface area contributed by atoms with Crippen LogP contribution >= 0.6 is 23.4 Å². The van der Waals surface area contributed by atoms with Gasteiger partial charge in [0.25, 0.3) is 11.6 Å². The molecule has 1 saturated heterocycles. The standard InChI is InChI=1S/C26H19ClN4O4S/c1-16-5-11-20(12-6-16)30-25(33)23(14-17-3-2-4-21(13-17)31(34)35)36-26(30)22(15-28)24(32)29-19-9-7-18(27)8-10-19/h2-13,23H,14H2,1H3,(H,29,32)/b26-22-/t23-/m0/s1. The quantitative estimate of drug-likeness (QED) is 0.196. The number of hydrogen-bond acceptors (Lipinski definition) is 6. The molecule has 0 radical (unpaired) electrons. The van der Waals surface area contributed by atoms with Crippen LogP contribution in [0.25, 0.3) is 0 Å². The molecule has 8 nitrogen and oxygen atoms in total. The van der Waals surface area contributed by atoms with Crippen molar-refractivity contribution in [2.45, 2.75) is 18.6 Å². The Morgan fingerprint density at radius 2 is 1.86 bits per heavy atom. The number of aryl methyl sites for hydroxylation is 1. The molecule has 3 aromatic rings. The predicted octanol–water partition coefficient (Wildman–Crippen LogP) is 5.62. The summed E-state index contributed by atoms with van der Waals surface area (Å²) in [4.78, 5) is 38.7. The average Bonchev–Trinajstić information content (AvgIpc) is 3.17. The number of carbonyl (C=O) groups excluding carboxylic acids is 2. The van der Waals surface area contributed by atoms with Gasteiger partial charge in [-0.05, 0) is 55.3 Å². The van der Waals surface area contributed by atoms with E-state index in [-0.39, 0.29) is 28.6 Å². The van der Waals surface area contributed by atoms with Crippen LogP contribution in [0.5, 0.6) is 0 Å². The maximum absolute atomic E-state index is 13.5. The second-order valence-electron chi connectivity index (χ2n) is 8.00. The molecule has 0 aliphatic carbocycles. The highest BCUT2D eigenvalue weighted by atomic mass is 35.5. The van der Waals surface area contributed by atoms with Gasteiger partial charge in [0.1, 0.15) is 16.7 Å². The van der Waals surface area contributed by atoms with Crippen LogP contribution in [0.2, 0.25) is 5.02 Å². The largest absolute Gasteiger partial charge is 0.321 e. The van der Waals surface area contributed by atoms with Crippen LogP contribution in [0, 0.1) is 28.4 Å². The van der Waals surface area contributed by atoms with Crippen molar-refractivity contribution in [2.24, 2.45) is 0 Å². The third-order valence-electron chi connectivity index (χ3n) is 5.44. The first-order valence-corrected chi connectivity index (χ1v) is 12.0. The summed E-state index contributed by atoms with van der Waals surface area (Å²) >= 11 is 7.00. The molecule has 0 spiro atoms. The van der Waals surface area contributed by atoms with Gasteiger partial charge in [-0.1, -0.05) is 53.2 Å². The molecule has 36 heavy (non-hydrogen) atoms. The number of nitro groups is 1. The van der Waals surface area contributed by atoms with Gasteiger partial charge in [0, 0.05) is 28.5 Å². The van der Waals surface area contributed by atoms with E-state index in [1.807, 2.05) is 25.1 Å². The van der Waals surface area contributed by atoms with E-state index in [9.17, 15) is 25.0 Å². The van der Waals surface area contributed by atoms with Crippen LogP contribution < -0.4 is 10.2 Å². The molecule has 1 aliphatic heterocycles. The minimum Gasteiger partial charge on any atom is -0.321 e. The molecule has 1 fully saturated rings. The van der Waals surface area contributed by atoms with E-state index >= 15 is 0 Å². The number of nitro benzene ring substituents is 1. The van der Waals surface area contributed by atoms with E-state index < -0.39 is 16.1 Å². The van der Waals surface area contributed by atoms with E-state index in [4.69, 9.17) is 11.6 Å². The van der Waals surface area contributed by atoms with E-state index in [1.165, 1.54) is 17.0 Å². The molecule has 10 heteroatoms. The molecule has 0 saturated carbocycles. The van der Waals surface area contributed by atoms with Gasteiger partial charge in [-0.3, -0.25) is 24.6 Å². The summed E-state index contributed by atoms with van der Waals surface area (Å²) in [6, 6.07) is 21.6. The van der Waals surface area contributed by atoms with E-state index in [1.54, 1.807) is 48.5 Å². The Hall–Kier alpha value is -4.13. The molecule has 0 bridgehead atoms. The number of nitrogens with zero attached hydrogens (tertiary/aromatic N) is 3. The van der Waals surface area contributed by atoms with Crippen LogP contribution in [0.3, 0.4) is 0 Å². The van der Waals surface area contributed by atoms with Crippen LogP contribution in [0.15, 0.2) is 83.4 Å². The van der Waals surface area contributed by atoms with Crippen molar-refractivity contribution in [3.8, 4) is 6.07 Å². The van der Waals surface area contributed by atoms with E-state index in [2.05, 4.69) is 5.32 Å². The lowest BCUT2D eigenvalue weighted by molar-refractivity contribution is -0.384. The van der Waals surface area contributed by atoms with Crippen LogP contribution in [0.1, 0.15) is 11.1 Å². The molecular weight excluding hydrogens is 500 g/mol. The number of amides is 2. The molecule has 2 amide bonds. The molecule has 1 aliphatic rings. The zero-order chi connectivity index (χ0) is 25.8. The third-order valence-corrected chi connectivity index (χ3v) is 6.96. The number of anilines is 2. The number of non-ortho nitro benzene ring substituents is 1. The second-order valence-corrected chi connectivity index (χ2v) is 9.63. The number of hydrogen-bond donors (Lipinski definition) is 1. The van der Waals surface area contributed by atoms with Crippen LogP contribution in [0.4, 0.5) is 17.1 Å². The maximum Gasteiger partial charge on any atom is 0.269 e. The minimum atomic E-state index is -0.685. The summed E-state index contributed by atoms with van der Waals surface area (Å²) in [5, 5.41) is 23.8. The number of carbonyl (C=O) groups is 2. The fourth-order valence-electron chi connectivity index (χ4n) is 3.65. The lowest BCUT2D eigenvalue weighted by Crippen LogP contribution is -2.30. The lowest BCUT2D eigenvalue weighted by Gasteiger charge is -2.19. The Balaban J connectivity index is 1.72. The smallest absolute Gasteiger partial charge is 0.269 e. The fraction of sp³-hybridized carbons (Fsp3) is 0.115. The zero-order valence-electron chi connectivity index (χ0n) is 19.0. The normalized spacial score (nSPS) is 16.4. The van der Waals surface area contributed by atoms with Gasteiger partial charge >= 0.3 is 0 Å². The molecule has 1 atom stereocenters. The van der Waals surface area contributed by atoms with Gasteiger partial charge in [0.2, 0.25) is 5.91 Å². The summed E-state index contributed by atoms with van der Waals surface area (Å²) in [5.41, 5.74) is 2.25. The van der Waals surface area contributed by atoms with Crippen molar-refractivity contribution in [3.63, 3.8) is 0 Å². The summed E-state index contributed by atoms with van der Waals surface area (Å²) < 4.78 is 0. The summed E-state index contributed by atoms with van der Waals surface area (Å²) in [7, 11) is 0. The molecule has 1 heterocycles. The van der Waals surface area contributed by atoms with Crippen molar-refractivity contribution in [1.82, 2.24) is 0 Å². The number of halogens is 1. The highest BCUT2D eigenvalue weighted by molar-refractivity contribution is 8.05. The fourth-order valence-corrected chi connectivity index (χ4v) is 5.09. The molecule has 4 rings (SSSR count). The van der Waals surface area contributed by atoms with Gasteiger partial charge in [0.05, 0.1) is 10.2 Å². The first kappa shape index (κ1) is 25.0. The first-order chi connectivity index (χ1) is 17.3. The highest BCUT2D eigenvalue weighted by Gasteiger charge is 2.41. The predicted molar refractivity (Wildman–Crippen MR) is 140 cm³/mol. The van der Waals surface area contributed by atoms with Crippen LogP contribution in [-0.2, 0) is 16.0 Å². The summed E-state index contributed by atoms with van der Waals surface area (Å²) in [5.74, 6) is -0.986. The van der Waals surface area contributed by atoms with Gasteiger partial charge in [-0.15, -0.1) is 0 Å². The Morgan fingerprint density at radius 1 is 1.17 bits per heavy atom. The third kappa shape index (κ3) is 5.40. The molecule has 3 aromatic carbocycles. The average molecular weight is 519 g/mol. The van der Waals surface area contributed by atoms with Crippen molar-refractivity contribution in [1.29, 1.82) is 5.26 Å². The van der Waals surface area contributed by atoms with Crippen molar-refractivity contribution in [3.05, 3.63) is 110 Å². The number of thioether (sulfide) groups is 1. The van der Waals surface area contributed by atoms with Gasteiger partial charge in [-0.25, -0.2) is 0 Å². The molecule has 180 valence electrons. The van der Waals surface area contributed by atoms with E-state index in [0.717, 1.165) is 17.3 Å². The zero-order valence-corrected chi connectivity index (χ0v) is 20.5. The number of benzene rings is 3. The Morgan fingerprint density at radius 3 is 2.50 bits per heavy atom. The van der Waals surface area contributed by atoms with Crippen LogP contribution in [-0.4, -0.2) is 22.0 Å². The van der Waals surface area contributed by atoms with Gasteiger partial charge in [0.15, 0.2) is 0 Å². The Kier molecular flexibility index (Phi) is 7.38. The van der Waals surface area contributed by atoms with Gasteiger partial charge < -0.3 is 5.32 Å². The Bertz CT molecular complexity index is 1420. The SMILES string of the molecule is Cc1ccc(N2C(=O)[C@H](Cc3cccc([N+](=O)[O-])c3)S/C2=C(/C#N)C(=O)Nc2ccc(Cl)cc2)cc1. The molecule has 0 unspecified atom stereocenters. The maximum atomic E-state index is 13.5. The molecule has 1 N–H and O–H groups in total.